The van der Waals surface area contributed by atoms with E-state index in [2.05, 4.69) is 15.3 Å². The normalized spacial score (nSPS) is 36.4. The number of aliphatic hydroxyl groups excluding tert-OH is 3. The number of aliphatic hydroxyl groups is 3. The zero-order valence-electron chi connectivity index (χ0n) is 10.4. The Hall–Kier alpha value is -1.72. The summed E-state index contributed by atoms with van der Waals surface area (Å²) < 4.78 is 6.85. The van der Waals surface area contributed by atoms with Crippen molar-refractivity contribution < 1.29 is 20.1 Å². The van der Waals surface area contributed by atoms with Crippen molar-refractivity contribution in [3.8, 4) is 0 Å². The van der Waals surface area contributed by atoms with Gasteiger partial charge in [-0.15, -0.1) is 0 Å². The van der Waals surface area contributed by atoms with E-state index in [0.29, 0.717) is 11.5 Å². The molecule has 10 heteroatoms. The van der Waals surface area contributed by atoms with Gasteiger partial charge in [0.15, 0.2) is 18.0 Å². The molecule has 0 spiro atoms. The number of hydrogen-bond acceptors (Lipinski definition) is 9. The molecule has 0 aromatic carbocycles. The van der Waals surface area contributed by atoms with Crippen LogP contribution in [0.3, 0.4) is 0 Å². The van der Waals surface area contributed by atoms with Crippen molar-refractivity contribution in [3.05, 3.63) is 12.0 Å². The maximum atomic E-state index is 10.0. The monoisotopic (exact) mass is 284 g/mol. The Bertz CT molecular complexity index is 546. The van der Waals surface area contributed by atoms with Crippen molar-refractivity contribution in [1.29, 1.82) is 0 Å². The number of nitrogens with zero attached hydrogens (tertiary/aromatic N) is 3. The lowest BCUT2D eigenvalue weighted by atomic mass is 10.1. The summed E-state index contributed by atoms with van der Waals surface area (Å²) in [5.41, 5.74) is 11.9. The number of guanidine groups is 1. The number of nitrogens with one attached hydrogen (secondary N) is 1. The second-order valence-corrected chi connectivity index (χ2v) is 4.71. The molecule has 5 atom stereocenters. The highest BCUT2D eigenvalue weighted by Crippen LogP contribution is 2.35. The number of hydrogen-bond donors (Lipinski definition) is 6. The lowest BCUT2D eigenvalue weighted by molar-refractivity contribution is -0.0520. The SMILES string of the molecule is NC1=Nc2c(ncn2[C@@H]2O[C@H](CO)[C@H](O)C2O)C(N)N1. The molecule has 2 aliphatic heterocycles. The first kappa shape index (κ1) is 13.3. The molecule has 2 aliphatic rings. The number of fused-ring (bicyclic) bond motifs is 1. The van der Waals surface area contributed by atoms with Gasteiger partial charge >= 0.3 is 0 Å². The van der Waals surface area contributed by atoms with Crippen molar-refractivity contribution in [3.63, 3.8) is 0 Å². The largest absolute Gasteiger partial charge is 0.394 e. The molecule has 0 saturated carbocycles. The van der Waals surface area contributed by atoms with Gasteiger partial charge in [-0.25, -0.2) is 4.98 Å². The summed E-state index contributed by atoms with van der Waals surface area (Å²) in [5, 5.41) is 31.6. The van der Waals surface area contributed by atoms with Crippen LogP contribution in [0.5, 0.6) is 0 Å². The highest BCUT2D eigenvalue weighted by Gasteiger charge is 2.44. The predicted octanol–water partition coefficient (Wildman–Crippen LogP) is -3.00. The van der Waals surface area contributed by atoms with Crippen LogP contribution in [-0.4, -0.2) is 55.7 Å². The van der Waals surface area contributed by atoms with E-state index in [4.69, 9.17) is 21.3 Å². The van der Waals surface area contributed by atoms with Crippen LogP contribution in [0.25, 0.3) is 0 Å². The molecule has 1 fully saturated rings. The smallest absolute Gasteiger partial charge is 0.196 e. The second kappa shape index (κ2) is 4.68. The third-order valence-electron chi connectivity index (χ3n) is 3.41. The van der Waals surface area contributed by atoms with Crippen molar-refractivity contribution in [2.45, 2.75) is 30.7 Å². The van der Waals surface area contributed by atoms with Crippen LogP contribution < -0.4 is 16.8 Å². The molecular weight excluding hydrogens is 268 g/mol. The van der Waals surface area contributed by atoms with Gasteiger partial charge in [-0.3, -0.25) is 4.57 Å². The van der Waals surface area contributed by atoms with Gasteiger partial charge in [0.25, 0.3) is 0 Å². The minimum absolute atomic E-state index is 0.124. The first-order chi connectivity index (χ1) is 9.52. The highest BCUT2D eigenvalue weighted by atomic mass is 16.6. The molecule has 3 heterocycles. The van der Waals surface area contributed by atoms with Crippen LogP contribution in [0.4, 0.5) is 5.82 Å². The maximum Gasteiger partial charge on any atom is 0.196 e. The van der Waals surface area contributed by atoms with Gasteiger partial charge in [-0.05, 0) is 0 Å². The number of imidazole rings is 1. The molecule has 8 N–H and O–H groups in total. The first-order valence-electron chi connectivity index (χ1n) is 6.08. The Kier molecular flexibility index (Phi) is 3.11. The average Bonchev–Trinajstić information content (AvgIpc) is 2.93. The van der Waals surface area contributed by atoms with E-state index < -0.39 is 37.3 Å². The number of aromatic nitrogens is 2. The van der Waals surface area contributed by atoms with Crippen LogP contribution in [0.2, 0.25) is 0 Å². The first-order valence-corrected chi connectivity index (χ1v) is 6.08. The molecule has 20 heavy (non-hydrogen) atoms. The van der Waals surface area contributed by atoms with Gasteiger partial charge in [-0.1, -0.05) is 0 Å². The maximum absolute atomic E-state index is 10.0. The van der Waals surface area contributed by atoms with E-state index in [9.17, 15) is 10.2 Å². The minimum Gasteiger partial charge on any atom is -0.394 e. The van der Waals surface area contributed by atoms with Gasteiger partial charge in [0.2, 0.25) is 0 Å². The Morgan fingerprint density at radius 3 is 2.80 bits per heavy atom. The van der Waals surface area contributed by atoms with Gasteiger partial charge in [0.05, 0.1) is 12.9 Å². The van der Waals surface area contributed by atoms with E-state index in [1.54, 1.807) is 0 Å². The van der Waals surface area contributed by atoms with Crippen molar-refractivity contribution >= 4 is 11.8 Å². The third-order valence-corrected chi connectivity index (χ3v) is 3.41. The Balaban J connectivity index is 1.97. The molecular formula is C10H16N6O4. The number of aliphatic imine (C=N–C) groups is 1. The standard InChI is InChI=1S/C10H16N6O4/c11-7-4-8(15-10(12)14-7)16(2-13-4)9-6(19)5(18)3(1-17)20-9/h2-3,5-7,9,17-19H,1,11H2,(H3,12,14,15)/t3-,5+,6?,7?,9-/m1/s1. The summed E-state index contributed by atoms with van der Waals surface area (Å²) in [4.78, 5) is 8.18. The quantitative estimate of drug-likeness (QED) is 0.334. The fraction of sp³-hybridized carbons (Fsp3) is 0.600. The molecule has 2 unspecified atom stereocenters. The van der Waals surface area contributed by atoms with E-state index in [0.717, 1.165) is 0 Å². The van der Waals surface area contributed by atoms with Crippen molar-refractivity contribution in [2.75, 3.05) is 6.61 Å². The lowest BCUT2D eigenvalue weighted by Gasteiger charge is -2.22. The van der Waals surface area contributed by atoms with Crippen LogP contribution in [0, 0.1) is 0 Å². The van der Waals surface area contributed by atoms with Gasteiger partial charge in [0.1, 0.15) is 30.2 Å². The lowest BCUT2D eigenvalue weighted by Crippen LogP contribution is -2.41. The highest BCUT2D eigenvalue weighted by molar-refractivity contribution is 5.83. The molecule has 0 amide bonds. The second-order valence-electron chi connectivity index (χ2n) is 4.71. The van der Waals surface area contributed by atoms with Crippen LogP contribution in [-0.2, 0) is 4.74 Å². The summed E-state index contributed by atoms with van der Waals surface area (Å²) in [6.07, 6.45) is -3.41. The van der Waals surface area contributed by atoms with Crippen LogP contribution in [0.1, 0.15) is 18.1 Å². The van der Waals surface area contributed by atoms with Crippen LogP contribution in [0.15, 0.2) is 11.3 Å². The molecule has 3 rings (SSSR count). The molecule has 0 aliphatic carbocycles. The minimum atomic E-state index is -1.21. The molecule has 1 aromatic heterocycles. The number of nitrogens with two attached hydrogens (primary N) is 2. The van der Waals surface area contributed by atoms with Gasteiger partial charge < -0.3 is 36.8 Å². The molecule has 1 saturated heterocycles. The summed E-state index contributed by atoms with van der Waals surface area (Å²) >= 11 is 0. The zero-order chi connectivity index (χ0) is 14.4. The summed E-state index contributed by atoms with van der Waals surface area (Å²) in [6.45, 7) is -0.405. The summed E-state index contributed by atoms with van der Waals surface area (Å²) in [6, 6.07) is 0. The molecule has 1 aromatic rings. The van der Waals surface area contributed by atoms with E-state index >= 15 is 0 Å². The van der Waals surface area contributed by atoms with Crippen molar-refractivity contribution in [2.24, 2.45) is 16.5 Å². The molecule has 110 valence electrons. The topological polar surface area (TPSA) is 164 Å². The average molecular weight is 284 g/mol. The number of ether oxygens (including phenoxy) is 1. The zero-order valence-corrected chi connectivity index (χ0v) is 10.4. The van der Waals surface area contributed by atoms with Gasteiger partial charge in [-0.2, -0.15) is 4.99 Å². The Labute approximate surface area is 113 Å². The Morgan fingerprint density at radius 2 is 2.15 bits per heavy atom. The van der Waals surface area contributed by atoms with Crippen LogP contribution >= 0.6 is 0 Å². The summed E-state index contributed by atoms with van der Waals surface area (Å²) in [7, 11) is 0. The number of rotatable bonds is 2. The third kappa shape index (κ3) is 1.85. The Morgan fingerprint density at radius 1 is 1.40 bits per heavy atom. The molecule has 10 nitrogen and oxygen atoms in total. The summed E-state index contributed by atoms with van der Waals surface area (Å²) in [5.74, 6) is 0.474. The fourth-order valence-electron chi connectivity index (χ4n) is 2.37. The van der Waals surface area contributed by atoms with E-state index in [-0.39, 0.29) is 5.96 Å². The van der Waals surface area contributed by atoms with E-state index in [1.165, 1.54) is 10.9 Å². The van der Waals surface area contributed by atoms with Gasteiger partial charge in [0, 0.05) is 0 Å². The fourth-order valence-corrected chi connectivity index (χ4v) is 2.37. The van der Waals surface area contributed by atoms with E-state index in [1.807, 2.05) is 0 Å². The predicted molar refractivity (Wildman–Crippen MR) is 66.6 cm³/mol. The molecule has 0 radical (unpaired) electrons. The van der Waals surface area contributed by atoms with Crippen molar-refractivity contribution in [1.82, 2.24) is 14.9 Å². The molecule has 0 bridgehead atoms.